The number of aliphatic carboxylic acids is 1. The van der Waals surface area contributed by atoms with Gasteiger partial charge in [0.2, 0.25) is 5.91 Å². The Bertz CT molecular complexity index is 639. The van der Waals surface area contributed by atoms with E-state index in [0.29, 0.717) is 18.7 Å². The van der Waals surface area contributed by atoms with E-state index >= 15 is 0 Å². The van der Waals surface area contributed by atoms with Gasteiger partial charge in [0.25, 0.3) is 0 Å². The van der Waals surface area contributed by atoms with Crippen LogP contribution in [-0.4, -0.2) is 36.7 Å². The third-order valence-electron chi connectivity index (χ3n) is 5.14. The van der Waals surface area contributed by atoms with Crippen molar-refractivity contribution < 1.29 is 24.2 Å². The van der Waals surface area contributed by atoms with E-state index < -0.39 is 11.9 Å². The molecule has 2 unspecified atom stereocenters. The van der Waals surface area contributed by atoms with Gasteiger partial charge in [0, 0.05) is 18.4 Å². The molecule has 2 aliphatic rings. The molecule has 1 saturated heterocycles. The van der Waals surface area contributed by atoms with Crippen LogP contribution in [0.5, 0.6) is 11.5 Å². The van der Waals surface area contributed by atoms with E-state index in [-0.39, 0.29) is 24.3 Å². The van der Waals surface area contributed by atoms with Gasteiger partial charge >= 0.3 is 5.97 Å². The maximum absolute atomic E-state index is 11.9. The Morgan fingerprint density at radius 3 is 2.72 bits per heavy atom. The van der Waals surface area contributed by atoms with Crippen LogP contribution in [0.15, 0.2) is 18.2 Å². The van der Waals surface area contributed by atoms with Crippen molar-refractivity contribution in [3.63, 3.8) is 0 Å². The second-order valence-electron chi connectivity index (χ2n) is 6.91. The number of hydrogen-bond acceptors (Lipinski definition) is 4. The van der Waals surface area contributed by atoms with Gasteiger partial charge in [0.15, 0.2) is 11.5 Å². The highest BCUT2D eigenvalue weighted by molar-refractivity contribution is 5.84. The number of amides is 1. The van der Waals surface area contributed by atoms with Gasteiger partial charge in [-0.15, -0.1) is 0 Å². The summed E-state index contributed by atoms with van der Waals surface area (Å²) in [5.74, 6) is -0.0806. The molecule has 1 heterocycles. The highest BCUT2D eigenvalue weighted by atomic mass is 16.5. The lowest BCUT2D eigenvalue weighted by molar-refractivity contribution is -0.142. The summed E-state index contributed by atoms with van der Waals surface area (Å²) < 4.78 is 11.6. The molecule has 3 rings (SSSR count). The van der Waals surface area contributed by atoms with E-state index in [1.165, 1.54) is 12.8 Å². The van der Waals surface area contributed by atoms with Crippen molar-refractivity contribution in [1.29, 1.82) is 0 Å². The fourth-order valence-corrected chi connectivity index (χ4v) is 3.77. The summed E-state index contributed by atoms with van der Waals surface area (Å²) in [4.78, 5) is 22.9. The SMILES string of the molecule is COc1ccc(C2CNC(=O)C(CC(=O)O)C2)cc1OC1CCCC1. The number of ether oxygens (including phenoxy) is 2. The van der Waals surface area contributed by atoms with E-state index in [2.05, 4.69) is 5.32 Å². The van der Waals surface area contributed by atoms with Crippen LogP contribution in [-0.2, 0) is 9.59 Å². The van der Waals surface area contributed by atoms with Crippen LogP contribution in [0.4, 0.5) is 0 Å². The predicted octanol–water partition coefficient (Wildman–Crippen LogP) is 2.71. The van der Waals surface area contributed by atoms with E-state index in [1.807, 2.05) is 18.2 Å². The molecule has 0 aromatic heterocycles. The van der Waals surface area contributed by atoms with Gasteiger partial charge in [-0.25, -0.2) is 0 Å². The third kappa shape index (κ3) is 4.24. The summed E-state index contributed by atoms with van der Waals surface area (Å²) in [6, 6.07) is 5.85. The van der Waals surface area contributed by atoms with Crippen LogP contribution in [0.2, 0.25) is 0 Å². The number of carboxylic acids is 1. The average molecular weight is 347 g/mol. The van der Waals surface area contributed by atoms with Crippen LogP contribution in [0, 0.1) is 5.92 Å². The van der Waals surface area contributed by atoms with Gasteiger partial charge < -0.3 is 19.9 Å². The zero-order chi connectivity index (χ0) is 17.8. The Kier molecular flexibility index (Phi) is 5.46. The van der Waals surface area contributed by atoms with Crippen LogP contribution in [0.1, 0.15) is 50.0 Å². The van der Waals surface area contributed by atoms with Crippen LogP contribution in [0.25, 0.3) is 0 Å². The minimum Gasteiger partial charge on any atom is -0.493 e. The van der Waals surface area contributed by atoms with Crippen molar-refractivity contribution in [1.82, 2.24) is 5.32 Å². The fraction of sp³-hybridized carbons (Fsp3) is 0.579. The molecule has 2 fully saturated rings. The molecule has 6 nitrogen and oxygen atoms in total. The number of carboxylic acid groups (broad SMARTS) is 1. The molecule has 6 heteroatoms. The normalized spacial score (nSPS) is 24.0. The smallest absolute Gasteiger partial charge is 0.304 e. The van der Waals surface area contributed by atoms with Crippen molar-refractivity contribution in [2.75, 3.05) is 13.7 Å². The number of carbonyl (C=O) groups excluding carboxylic acids is 1. The second-order valence-corrected chi connectivity index (χ2v) is 6.91. The van der Waals surface area contributed by atoms with Crippen molar-refractivity contribution >= 4 is 11.9 Å². The summed E-state index contributed by atoms with van der Waals surface area (Å²) in [5.41, 5.74) is 1.05. The number of rotatable bonds is 6. The molecule has 0 bridgehead atoms. The highest BCUT2D eigenvalue weighted by Gasteiger charge is 2.31. The van der Waals surface area contributed by atoms with Gasteiger partial charge in [0.05, 0.1) is 19.6 Å². The first-order valence-corrected chi connectivity index (χ1v) is 8.91. The molecule has 1 saturated carbocycles. The zero-order valence-electron chi connectivity index (χ0n) is 14.5. The number of benzene rings is 1. The van der Waals surface area contributed by atoms with Gasteiger partial charge in [-0.3, -0.25) is 9.59 Å². The molecule has 0 spiro atoms. The lowest BCUT2D eigenvalue weighted by atomic mass is 9.83. The Morgan fingerprint density at radius 2 is 2.04 bits per heavy atom. The first-order chi connectivity index (χ1) is 12.1. The first-order valence-electron chi connectivity index (χ1n) is 8.91. The number of hydrogen-bond donors (Lipinski definition) is 2. The number of carbonyl (C=O) groups is 2. The first kappa shape index (κ1) is 17.6. The van der Waals surface area contributed by atoms with Gasteiger partial charge in [0.1, 0.15) is 0 Å². The minimum atomic E-state index is -0.944. The standard InChI is InChI=1S/C19H25NO5/c1-24-16-7-6-12(9-17(16)25-15-4-2-3-5-15)14-8-13(10-18(21)22)19(23)20-11-14/h6-7,9,13-15H,2-5,8,10-11H2,1H3,(H,20,23)(H,21,22). The molecule has 136 valence electrons. The molecule has 25 heavy (non-hydrogen) atoms. The molecule has 1 aliphatic heterocycles. The number of methoxy groups -OCH3 is 1. The average Bonchev–Trinajstić information content (AvgIpc) is 3.09. The van der Waals surface area contributed by atoms with Crippen LogP contribution in [0.3, 0.4) is 0 Å². The summed E-state index contributed by atoms with van der Waals surface area (Å²) in [6.07, 6.45) is 5.14. The van der Waals surface area contributed by atoms with Crippen molar-refractivity contribution in [3.8, 4) is 11.5 Å². The lowest BCUT2D eigenvalue weighted by Gasteiger charge is -2.29. The van der Waals surface area contributed by atoms with Gasteiger partial charge in [-0.05, 0) is 49.8 Å². The largest absolute Gasteiger partial charge is 0.493 e. The van der Waals surface area contributed by atoms with Crippen molar-refractivity contribution in [3.05, 3.63) is 23.8 Å². The maximum atomic E-state index is 11.9. The predicted molar refractivity (Wildman–Crippen MR) is 92.0 cm³/mol. The summed E-state index contributed by atoms with van der Waals surface area (Å²) >= 11 is 0. The quantitative estimate of drug-likeness (QED) is 0.826. The number of piperidine rings is 1. The second kappa shape index (κ2) is 7.76. The van der Waals surface area contributed by atoms with Crippen LogP contribution < -0.4 is 14.8 Å². The molecule has 1 aliphatic carbocycles. The van der Waals surface area contributed by atoms with E-state index in [1.54, 1.807) is 7.11 Å². The molecular weight excluding hydrogens is 322 g/mol. The van der Waals surface area contributed by atoms with E-state index in [9.17, 15) is 9.59 Å². The van der Waals surface area contributed by atoms with Crippen molar-refractivity contribution in [2.24, 2.45) is 5.92 Å². The van der Waals surface area contributed by atoms with E-state index in [4.69, 9.17) is 14.6 Å². The zero-order valence-corrected chi connectivity index (χ0v) is 14.5. The molecule has 1 aromatic carbocycles. The Balaban J connectivity index is 1.76. The summed E-state index contributed by atoms with van der Waals surface area (Å²) in [5, 5.41) is 11.8. The highest BCUT2D eigenvalue weighted by Crippen LogP contribution is 2.36. The molecular formula is C19H25NO5. The van der Waals surface area contributed by atoms with Crippen molar-refractivity contribution in [2.45, 2.75) is 50.5 Å². The van der Waals surface area contributed by atoms with Crippen LogP contribution >= 0.6 is 0 Å². The van der Waals surface area contributed by atoms with Gasteiger partial charge in [-0.2, -0.15) is 0 Å². The molecule has 2 N–H and O–H groups in total. The summed E-state index contributed by atoms with van der Waals surface area (Å²) in [6.45, 7) is 0.518. The van der Waals surface area contributed by atoms with Gasteiger partial charge in [-0.1, -0.05) is 6.07 Å². The van der Waals surface area contributed by atoms with E-state index in [0.717, 1.165) is 24.2 Å². The fourth-order valence-electron chi connectivity index (χ4n) is 3.77. The molecule has 2 atom stereocenters. The molecule has 1 aromatic rings. The lowest BCUT2D eigenvalue weighted by Crippen LogP contribution is -2.41. The Hall–Kier alpha value is -2.24. The Labute approximate surface area is 147 Å². The Morgan fingerprint density at radius 1 is 1.28 bits per heavy atom. The summed E-state index contributed by atoms with van der Waals surface area (Å²) in [7, 11) is 1.63. The minimum absolute atomic E-state index is 0.0823. The molecule has 0 radical (unpaired) electrons. The number of nitrogens with one attached hydrogen (secondary N) is 1. The monoisotopic (exact) mass is 347 g/mol. The third-order valence-corrected chi connectivity index (χ3v) is 5.14. The topological polar surface area (TPSA) is 84.9 Å². The molecule has 1 amide bonds. The maximum Gasteiger partial charge on any atom is 0.304 e.